The predicted octanol–water partition coefficient (Wildman–Crippen LogP) is 1.64. The molecule has 0 bridgehead atoms. The number of carboxylic acid groups (broad SMARTS) is 2. The highest BCUT2D eigenvalue weighted by atomic mass is 16.4. The summed E-state index contributed by atoms with van der Waals surface area (Å²) in [6.45, 7) is 1.91. The van der Waals surface area contributed by atoms with E-state index in [0.29, 0.717) is 18.6 Å². The number of nitrogens with two attached hydrogens (primary N) is 1. The molecule has 0 heterocycles. The summed E-state index contributed by atoms with van der Waals surface area (Å²) in [7, 11) is 0. The van der Waals surface area contributed by atoms with Crippen LogP contribution in [0.1, 0.15) is 18.1 Å². The van der Waals surface area contributed by atoms with Crippen LogP contribution in [0.25, 0.3) is 0 Å². The molecule has 2 aromatic carbocycles. The van der Waals surface area contributed by atoms with Crippen LogP contribution in [0, 0.1) is 0 Å². The summed E-state index contributed by atoms with van der Waals surface area (Å²) in [6, 6.07) is 16.8. The first-order chi connectivity index (χ1) is 13.7. The van der Waals surface area contributed by atoms with E-state index in [1.54, 1.807) is 12.1 Å². The summed E-state index contributed by atoms with van der Waals surface area (Å²) in [5.41, 5.74) is 6.88. The van der Waals surface area contributed by atoms with Crippen LogP contribution in [0.5, 0.6) is 5.75 Å². The van der Waals surface area contributed by atoms with Crippen LogP contribution in [-0.4, -0.2) is 39.7 Å². The number of nitrogens with one attached hydrogen (secondary N) is 1. The number of hydrogen-bond donors (Lipinski definition) is 5. The maximum atomic E-state index is 11.8. The Kier molecular flexibility index (Phi) is 9.07. The number of phenolic OH excluding ortho intramolecular Hbond substituents is 1. The second-order valence-electron chi connectivity index (χ2n) is 6.30. The minimum Gasteiger partial charge on any atom is -0.508 e. The van der Waals surface area contributed by atoms with Gasteiger partial charge in [0.2, 0.25) is 5.91 Å². The van der Waals surface area contributed by atoms with Crippen LogP contribution < -0.4 is 11.1 Å². The molecule has 2 aromatic rings. The quantitative estimate of drug-likeness (QED) is 0.443. The van der Waals surface area contributed by atoms with Crippen LogP contribution >= 0.6 is 0 Å². The van der Waals surface area contributed by atoms with Gasteiger partial charge in [-0.3, -0.25) is 4.79 Å². The summed E-state index contributed by atoms with van der Waals surface area (Å²) in [4.78, 5) is 30.9. The highest BCUT2D eigenvalue weighted by Crippen LogP contribution is 2.27. The number of benzene rings is 2. The zero-order valence-corrected chi connectivity index (χ0v) is 15.9. The molecule has 0 saturated carbocycles. The monoisotopic (exact) mass is 400 g/mol. The van der Waals surface area contributed by atoms with Gasteiger partial charge in [-0.2, -0.15) is 0 Å². The lowest BCUT2D eigenvalue weighted by atomic mass is 9.85. The van der Waals surface area contributed by atoms with Crippen molar-refractivity contribution in [1.82, 2.24) is 5.32 Å². The number of carboxylic acids is 2. The average molecular weight is 400 g/mol. The molecule has 2 rings (SSSR count). The second kappa shape index (κ2) is 11.3. The van der Waals surface area contributed by atoms with Gasteiger partial charge in [-0.05, 0) is 36.6 Å². The Bertz CT molecular complexity index is 833. The van der Waals surface area contributed by atoms with E-state index in [4.69, 9.17) is 15.9 Å². The number of aliphatic carboxylic acids is 2. The van der Waals surface area contributed by atoms with Gasteiger partial charge < -0.3 is 26.4 Å². The SMILES string of the molecule is CC(Cc1ccccc1)(NC(=O)CN)c1ccc(O)cc1.O=C(O)C=CC(=O)O. The molecule has 8 heteroatoms. The van der Waals surface area contributed by atoms with Crippen LogP contribution in [0.3, 0.4) is 0 Å². The first-order valence-corrected chi connectivity index (χ1v) is 8.64. The molecule has 6 N–H and O–H groups in total. The summed E-state index contributed by atoms with van der Waals surface area (Å²) >= 11 is 0. The van der Waals surface area contributed by atoms with Crippen molar-refractivity contribution in [2.75, 3.05) is 6.54 Å². The van der Waals surface area contributed by atoms with Crippen LogP contribution in [-0.2, 0) is 26.3 Å². The topological polar surface area (TPSA) is 150 Å². The fraction of sp³-hybridized carbons (Fsp3) is 0.190. The number of rotatable bonds is 7. The minimum atomic E-state index is -1.26. The molecule has 0 spiro atoms. The number of carbonyl (C=O) groups is 3. The zero-order chi connectivity index (χ0) is 21.9. The molecule has 0 aliphatic heterocycles. The van der Waals surface area contributed by atoms with Gasteiger partial charge in [-0.1, -0.05) is 42.5 Å². The molecule has 1 atom stereocenters. The molecule has 0 aliphatic carbocycles. The lowest BCUT2D eigenvalue weighted by Crippen LogP contribution is -2.47. The van der Waals surface area contributed by atoms with Crippen LogP contribution in [0.4, 0.5) is 0 Å². The van der Waals surface area contributed by atoms with E-state index in [0.717, 1.165) is 11.1 Å². The van der Waals surface area contributed by atoms with E-state index in [9.17, 15) is 19.5 Å². The molecule has 0 fully saturated rings. The summed E-state index contributed by atoms with van der Waals surface area (Å²) in [6.07, 6.45) is 1.76. The Morgan fingerprint density at radius 1 is 0.966 bits per heavy atom. The second-order valence-corrected chi connectivity index (χ2v) is 6.30. The van der Waals surface area contributed by atoms with Crippen molar-refractivity contribution in [3.63, 3.8) is 0 Å². The Hall–Kier alpha value is -3.65. The number of hydrogen-bond acceptors (Lipinski definition) is 5. The lowest BCUT2D eigenvalue weighted by Gasteiger charge is -2.32. The van der Waals surface area contributed by atoms with Crippen molar-refractivity contribution in [2.24, 2.45) is 5.73 Å². The summed E-state index contributed by atoms with van der Waals surface area (Å²) in [5.74, 6) is -2.52. The minimum absolute atomic E-state index is 0.0531. The molecule has 0 aromatic heterocycles. The Labute approximate surface area is 168 Å². The molecule has 1 amide bonds. The maximum absolute atomic E-state index is 11.8. The molecule has 0 saturated heterocycles. The average Bonchev–Trinajstić information content (AvgIpc) is 2.68. The fourth-order valence-corrected chi connectivity index (χ4v) is 2.55. The van der Waals surface area contributed by atoms with Crippen LogP contribution in [0.2, 0.25) is 0 Å². The number of aromatic hydroxyl groups is 1. The Morgan fingerprint density at radius 3 is 1.93 bits per heavy atom. The van der Waals surface area contributed by atoms with Crippen molar-refractivity contribution in [3.05, 3.63) is 77.9 Å². The van der Waals surface area contributed by atoms with Gasteiger partial charge in [-0.25, -0.2) is 9.59 Å². The number of phenols is 1. The summed E-state index contributed by atoms with van der Waals surface area (Å²) in [5, 5.41) is 28.0. The fourth-order valence-electron chi connectivity index (χ4n) is 2.55. The third-order valence-electron chi connectivity index (χ3n) is 3.87. The molecule has 8 nitrogen and oxygen atoms in total. The molecule has 0 aliphatic rings. The van der Waals surface area contributed by atoms with Gasteiger partial charge >= 0.3 is 11.9 Å². The molecular formula is C21H24N2O6. The molecule has 29 heavy (non-hydrogen) atoms. The van der Waals surface area contributed by atoms with E-state index >= 15 is 0 Å². The van der Waals surface area contributed by atoms with Gasteiger partial charge in [0.25, 0.3) is 0 Å². The van der Waals surface area contributed by atoms with Crippen molar-refractivity contribution in [2.45, 2.75) is 18.9 Å². The number of carbonyl (C=O) groups excluding carboxylic acids is 1. The van der Waals surface area contributed by atoms with Crippen molar-refractivity contribution in [1.29, 1.82) is 0 Å². The Morgan fingerprint density at radius 2 is 1.48 bits per heavy atom. The van der Waals surface area contributed by atoms with E-state index < -0.39 is 17.5 Å². The molecular weight excluding hydrogens is 376 g/mol. The summed E-state index contributed by atoms with van der Waals surface area (Å²) < 4.78 is 0. The highest BCUT2D eigenvalue weighted by molar-refractivity contribution is 5.89. The highest BCUT2D eigenvalue weighted by Gasteiger charge is 2.28. The molecule has 1 unspecified atom stereocenters. The third-order valence-corrected chi connectivity index (χ3v) is 3.87. The van der Waals surface area contributed by atoms with Gasteiger partial charge in [0, 0.05) is 12.2 Å². The normalized spacial score (nSPS) is 12.3. The van der Waals surface area contributed by atoms with Gasteiger partial charge in [-0.15, -0.1) is 0 Å². The third kappa shape index (κ3) is 8.72. The maximum Gasteiger partial charge on any atom is 0.328 e. The standard InChI is InChI=1S/C17H20N2O2.C4H4O4/c1-17(19-16(21)12-18,11-13-5-3-2-4-6-13)14-7-9-15(20)10-8-14;5-3(6)1-2-4(7)8/h2-10,20H,11-12,18H2,1H3,(H,19,21);1-2H,(H,5,6)(H,7,8). The lowest BCUT2D eigenvalue weighted by molar-refractivity contribution is -0.134. The zero-order valence-electron chi connectivity index (χ0n) is 15.9. The smallest absolute Gasteiger partial charge is 0.328 e. The van der Waals surface area contributed by atoms with Crippen molar-refractivity contribution >= 4 is 17.8 Å². The van der Waals surface area contributed by atoms with E-state index in [-0.39, 0.29) is 18.2 Å². The first kappa shape index (κ1) is 23.4. The Balaban J connectivity index is 0.000000447. The van der Waals surface area contributed by atoms with Crippen molar-refractivity contribution < 1.29 is 29.7 Å². The first-order valence-electron chi connectivity index (χ1n) is 8.64. The van der Waals surface area contributed by atoms with Crippen LogP contribution in [0.15, 0.2) is 66.7 Å². The van der Waals surface area contributed by atoms with E-state index in [1.165, 1.54) is 0 Å². The largest absolute Gasteiger partial charge is 0.508 e. The van der Waals surface area contributed by atoms with Gasteiger partial charge in [0.15, 0.2) is 0 Å². The predicted molar refractivity (Wildman–Crippen MR) is 107 cm³/mol. The van der Waals surface area contributed by atoms with Gasteiger partial charge in [0.05, 0.1) is 12.1 Å². The number of amides is 1. The van der Waals surface area contributed by atoms with E-state index in [1.807, 2.05) is 49.4 Å². The van der Waals surface area contributed by atoms with Crippen molar-refractivity contribution in [3.8, 4) is 5.75 Å². The van der Waals surface area contributed by atoms with E-state index in [2.05, 4.69) is 5.32 Å². The van der Waals surface area contributed by atoms with Gasteiger partial charge in [0.1, 0.15) is 5.75 Å². The molecule has 154 valence electrons. The molecule has 0 radical (unpaired) electrons.